The summed E-state index contributed by atoms with van der Waals surface area (Å²) in [5.74, 6) is 0.185. The monoisotopic (exact) mass is 202 g/mol. The Hall–Kier alpha value is -0.200. The van der Waals surface area contributed by atoms with E-state index in [4.69, 9.17) is 4.74 Å². The van der Waals surface area contributed by atoms with Crippen molar-refractivity contribution in [3.63, 3.8) is 0 Å². The first-order chi connectivity index (χ1) is 6.70. The van der Waals surface area contributed by atoms with Crippen LogP contribution < -0.4 is 10.6 Å². The number of ether oxygens (including phenoxy) is 1. The molecule has 0 aromatic rings. The first-order valence-corrected chi connectivity index (χ1v) is 5.11. The van der Waals surface area contributed by atoms with Crippen molar-refractivity contribution in [2.45, 2.75) is 44.0 Å². The van der Waals surface area contributed by atoms with Crippen molar-refractivity contribution < 1.29 is 14.9 Å². The van der Waals surface area contributed by atoms with Crippen LogP contribution in [0.25, 0.3) is 0 Å². The average molecular weight is 202 g/mol. The first kappa shape index (κ1) is 10.3. The highest BCUT2D eigenvalue weighted by molar-refractivity contribution is 4.92. The summed E-state index contributed by atoms with van der Waals surface area (Å²) in [7, 11) is 1.71. The van der Waals surface area contributed by atoms with Gasteiger partial charge in [0.25, 0.3) is 0 Å². The van der Waals surface area contributed by atoms with Crippen molar-refractivity contribution in [1.82, 2.24) is 10.6 Å². The average Bonchev–Trinajstić information content (AvgIpc) is 2.16. The fraction of sp³-hybridized carbons (Fsp3) is 1.00. The number of aliphatic hydroxyl groups is 2. The number of fused-ring (bicyclic) bond motifs is 1. The molecule has 5 nitrogen and oxygen atoms in total. The van der Waals surface area contributed by atoms with Gasteiger partial charge < -0.3 is 14.9 Å². The number of rotatable bonds is 1. The molecule has 82 valence electrons. The van der Waals surface area contributed by atoms with Crippen molar-refractivity contribution in [1.29, 1.82) is 0 Å². The van der Waals surface area contributed by atoms with Crippen molar-refractivity contribution in [2.75, 3.05) is 7.11 Å². The Morgan fingerprint density at radius 3 is 2.71 bits per heavy atom. The van der Waals surface area contributed by atoms with Gasteiger partial charge in [-0.15, -0.1) is 0 Å². The Balaban J connectivity index is 1.99. The van der Waals surface area contributed by atoms with Gasteiger partial charge in [-0.25, -0.2) is 0 Å². The van der Waals surface area contributed by atoms with Gasteiger partial charge in [0.15, 0.2) is 6.35 Å². The van der Waals surface area contributed by atoms with Gasteiger partial charge >= 0.3 is 0 Å². The van der Waals surface area contributed by atoms with Gasteiger partial charge in [0.2, 0.25) is 0 Å². The molecule has 4 N–H and O–H groups in total. The summed E-state index contributed by atoms with van der Waals surface area (Å²) in [4.78, 5) is 0. The van der Waals surface area contributed by atoms with Gasteiger partial charge in [0, 0.05) is 19.1 Å². The van der Waals surface area contributed by atoms with Crippen LogP contribution in [-0.4, -0.2) is 42.0 Å². The maximum absolute atomic E-state index is 9.68. The number of methoxy groups -OCH3 is 1. The van der Waals surface area contributed by atoms with Gasteiger partial charge in [-0.3, -0.25) is 10.6 Å². The second kappa shape index (κ2) is 4.12. The number of hydrogen-bond donors (Lipinski definition) is 4. The van der Waals surface area contributed by atoms with Crippen LogP contribution in [0.1, 0.15) is 19.3 Å². The highest BCUT2D eigenvalue weighted by atomic mass is 16.5. The normalized spacial score (nSPS) is 48.6. The third-order valence-electron chi connectivity index (χ3n) is 3.30. The van der Waals surface area contributed by atoms with Crippen molar-refractivity contribution in [2.24, 2.45) is 5.92 Å². The molecule has 5 atom stereocenters. The smallest absolute Gasteiger partial charge is 0.162 e. The molecule has 0 spiro atoms. The van der Waals surface area contributed by atoms with Crippen molar-refractivity contribution >= 4 is 0 Å². The highest BCUT2D eigenvalue weighted by Gasteiger charge is 2.39. The lowest BCUT2D eigenvalue weighted by Gasteiger charge is -2.44. The fourth-order valence-corrected chi connectivity index (χ4v) is 2.48. The maximum atomic E-state index is 9.68. The molecule has 1 saturated carbocycles. The van der Waals surface area contributed by atoms with Gasteiger partial charge in [0.05, 0.1) is 6.10 Å². The molecule has 2 rings (SSSR count). The van der Waals surface area contributed by atoms with Crippen LogP contribution in [0.3, 0.4) is 0 Å². The first-order valence-electron chi connectivity index (χ1n) is 5.11. The number of aliphatic hydroxyl groups excluding tert-OH is 2. The van der Waals surface area contributed by atoms with E-state index in [1.807, 2.05) is 0 Å². The van der Waals surface area contributed by atoms with Crippen molar-refractivity contribution in [3.05, 3.63) is 0 Å². The van der Waals surface area contributed by atoms with E-state index < -0.39 is 12.6 Å². The zero-order chi connectivity index (χ0) is 10.1. The molecule has 1 aliphatic carbocycles. The van der Waals surface area contributed by atoms with Crippen LogP contribution in [0.2, 0.25) is 0 Å². The molecule has 1 aliphatic heterocycles. The molecule has 1 heterocycles. The lowest BCUT2D eigenvalue weighted by molar-refractivity contribution is -0.0928. The minimum absolute atomic E-state index is 0.153. The summed E-state index contributed by atoms with van der Waals surface area (Å²) in [6.45, 7) is 0. The van der Waals surface area contributed by atoms with Gasteiger partial charge in [-0.1, -0.05) is 0 Å². The Morgan fingerprint density at radius 2 is 2.00 bits per heavy atom. The quantitative estimate of drug-likeness (QED) is 0.437. The third-order valence-corrected chi connectivity index (χ3v) is 3.30. The molecule has 2 aliphatic rings. The van der Waals surface area contributed by atoms with Crippen molar-refractivity contribution in [3.8, 4) is 0 Å². The van der Waals surface area contributed by atoms with Gasteiger partial charge in [-0.2, -0.15) is 0 Å². The lowest BCUT2D eigenvalue weighted by atomic mass is 9.80. The second-order valence-electron chi connectivity index (χ2n) is 4.12. The molecule has 0 bridgehead atoms. The number of hydrogen-bond acceptors (Lipinski definition) is 5. The molecule has 2 fully saturated rings. The van der Waals surface area contributed by atoms with E-state index in [2.05, 4.69) is 10.6 Å². The highest BCUT2D eigenvalue weighted by Crippen LogP contribution is 2.30. The van der Waals surface area contributed by atoms with Gasteiger partial charge in [0.1, 0.15) is 6.23 Å². The fourth-order valence-electron chi connectivity index (χ4n) is 2.48. The molecule has 0 aromatic heterocycles. The molecule has 0 amide bonds. The topological polar surface area (TPSA) is 73.8 Å². The molecule has 0 radical (unpaired) electrons. The van der Waals surface area contributed by atoms with Gasteiger partial charge in [-0.05, 0) is 19.3 Å². The van der Waals surface area contributed by atoms with E-state index in [0.717, 1.165) is 19.3 Å². The summed E-state index contributed by atoms with van der Waals surface area (Å²) >= 11 is 0. The summed E-state index contributed by atoms with van der Waals surface area (Å²) in [5.41, 5.74) is 0. The summed E-state index contributed by atoms with van der Waals surface area (Å²) < 4.78 is 5.29. The largest absolute Gasteiger partial charge is 0.381 e. The predicted molar refractivity (Wildman–Crippen MR) is 50.2 cm³/mol. The molecular weight excluding hydrogens is 184 g/mol. The predicted octanol–water partition coefficient (Wildman–Crippen LogP) is -1.04. The second-order valence-corrected chi connectivity index (χ2v) is 4.12. The van der Waals surface area contributed by atoms with Crippen LogP contribution in [0.5, 0.6) is 0 Å². The Bertz CT molecular complexity index is 202. The van der Waals surface area contributed by atoms with E-state index in [1.165, 1.54) is 0 Å². The summed E-state index contributed by atoms with van der Waals surface area (Å²) in [5, 5.41) is 24.7. The van der Waals surface area contributed by atoms with Crippen LogP contribution in [0.4, 0.5) is 0 Å². The number of nitrogens with one attached hydrogen (secondary N) is 2. The van der Waals surface area contributed by atoms with E-state index in [0.29, 0.717) is 0 Å². The zero-order valence-electron chi connectivity index (χ0n) is 8.31. The SMILES string of the molecule is COC1CCC2C(O)NC(O)NC2C1. The van der Waals surface area contributed by atoms with E-state index in [-0.39, 0.29) is 18.1 Å². The maximum Gasteiger partial charge on any atom is 0.162 e. The molecule has 5 heteroatoms. The molecule has 1 saturated heterocycles. The zero-order valence-corrected chi connectivity index (χ0v) is 8.31. The van der Waals surface area contributed by atoms with E-state index in [9.17, 15) is 10.2 Å². The van der Waals surface area contributed by atoms with Crippen LogP contribution in [0.15, 0.2) is 0 Å². The molecule has 14 heavy (non-hydrogen) atoms. The van der Waals surface area contributed by atoms with Crippen LogP contribution in [-0.2, 0) is 4.74 Å². The Labute approximate surface area is 83.4 Å². The minimum atomic E-state index is -0.804. The summed E-state index contributed by atoms with van der Waals surface area (Å²) in [6, 6.07) is 0.153. The van der Waals surface area contributed by atoms with Crippen LogP contribution >= 0.6 is 0 Å². The Morgan fingerprint density at radius 1 is 1.21 bits per heavy atom. The molecule has 0 aromatic carbocycles. The Kier molecular flexibility index (Phi) is 3.04. The lowest BCUT2D eigenvalue weighted by Crippen LogP contribution is -2.65. The summed E-state index contributed by atoms with van der Waals surface area (Å²) in [6.07, 6.45) is 1.61. The molecule has 5 unspecified atom stereocenters. The minimum Gasteiger partial charge on any atom is -0.381 e. The van der Waals surface area contributed by atoms with E-state index in [1.54, 1.807) is 7.11 Å². The third kappa shape index (κ3) is 1.92. The molecular formula is C9H18N2O3. The van der Waals surface area contributed by atoms with Crippen LogP contribution in [0, 0.1) is 5.92 Å². The standard InChI is InChI=1S/C9H18N2O3/c1-14-5-2-3-6-7(4-5)10-9(13)11-8(6)12/h5-13H,2-4H2,1H3. The van der Waals surface area contributed by atoms with E-state index >= 15 is 0 Å².